The molecule has 0 radical (unpaired) electrons. The van der Waals surface area contributed by atoms with Crippen molar-refractivity contribution in [2.24, 2.45) is 0 Å². The molecule has 0 heterocycles. The molecule has 8 heteroatoms. The Bertz CT molecular complexity index is 17.1. The molecule has 0 rings (SSSR count). The molecule has 0 aliphatic carbocycles. The zero-order chi connectivity index (χ0) is 3.58. The Kier molecular flexibility index (Phi) is 87.8. The molecule has 0 fully saturated rings. The third-order valence-corrected chi connectivity index (χ3v) is 0. The Hall–Kier alpha value is 2.66. The van der Waals surface area contributed by atoms with E-state index in [1.54, 1.807) is 0 Å². The molecule has 0 atom stereocenters. The Balaban J connectivity index is -0.00000000750. The molecule has 0 bridgehead atoms. The zero-order valence-corrected chi connectivity index (χ0v) is 11.9. The molecule has 0 aliphatic heterocycles. The van der Waals surface area contributed by atoms with Crippen molar-refractivity contribution in [1.29, 1.82) is 0 Å². The average Bonchev–Trinajstić information content (AvgIpc) is 0.811. The molecule has 0 saturated heterocycles. The van der Waals surface area contributed by atoms with E-state index in [0.29, 0.717) is 0 Å². The monoisotopic (exact) mass is 359 g/mol. The first-order valence-electron chi connectivity index (χ1n) is 0.401. The second-order valence-corrected chi connectivity index (χ2v) is 8.07. The first-order valence-corrected chi connectivity index (χ1v) is 7.12. The van der Waals surface area contributed by atoms with Crippen LogP contribution in [0.1, 0.15) is 0 Å². The molecule has 0 spiro atoms. The molecule has 0 amide bonds. The SMILES string of the molecule is O.[Cl-].[Cl-].[Cl][Ru]([Cl])[Cl].[Zn+2]. The van der Waals surface area contributed by atoms with Gasteiger partial charge in [-0.25, -0.2) is 0 Å². The van der Waals surface area contributed by atoms with Gasteiger partial charge in [0, 0.05) is 0 Å². The van der Waals surface area contributed by atoms with E-state index < -0.39 is 13.0 Å². The van der Waals surface area contributed by atoms with Gasteiger partial charge in [-0.1, -0.05) is 0 Å². The van der Waals surface area contributed by atoms with Gasteiger partial charge >= 0.3 is 61.5 Å². The molecule has 0 saturated carbocycles. The normalized spacial score (nSPS) is 5.62. The maximum absolute atomic E-state index is 4.95. The summed E-state index contributed by atoms with van der Waals surface area (Å²) in [5.41, 5.74) is 0. The van der Waals surface area contributed by atoms with Crippen molar-refractivity contribution in [1.82, 2.24) is 0 Å². The van der Waals surface area contributed by atoms with Gasteiger partial charge in [-0.15, -0.1) is 0 Å². The molecule has 1 nitrogen and oxygen atoms in total. The Morgan fingerprint density at radius 2 is 0.875 bits per heavy atom. The fraction of sp³-hybridized carbons (Fsp3) is 0. The third kappa shape index (κ3) is 71.9. The van der Waals surface area contributed by atoms with Crippen LogP contribution in [0.5, 0.6) is 0 Å². The van der Waals surface area contributed by atoms with Gasteiger partial charge in [0.05, 0.1) is 0 Å². The van der Waals surface area contributed by atoms with Crippen molar-refractivity contribution in [3.63, 3.8) is 0 Å². The summed E-state index contributed by atoms with van der Waals surface area (Å²) in [7, 11) is 14.8. The second kappa shape index (κ2) is 22.6. The number of halogens is 5. The summed E-state index contributed by atoms with van der Waals surface area (Å²) in [5.74, 6) is 0. The molecular formula is H2Cl5ORuZn. The molecule has 0 aliphatic rings. The number of hydrogen-bond donors (Lipinski definition) is 0. The zero-order valence-electron chi connectivity index (χ0n) is 3.45. The standard InChI is InChI=1S/5ClH.H2O.Ru.Zn/h5*1H;1H2;;/q;;;;;;+3;+2/p-5. The molecule has 0 aromatic rings. The summed E-state index contributed by atoms with van der Waals surface area (Å²) >= 11 is -1.75. The van der Waals surface area contributed by atoms with E-state index >= 15 is 0 Å². The summed E-state index contributed by atoms with van der Waals surface area (Å²) in [6.07, 6.45) is 0. The minimum Gasteiger partial charge on any atom is 2.00 e. The van der Waals surface area contributed by atoms with E-state index in [1.165, 1.54) is 0 Å². The second-order valence-electron chi connectivity index (χ2n) is 0.152. The van der Waals surface area contributed by atoms with Gasteiger partial charge in [0.25, 0.3) is 0 Å². The fourth-order valence-electron chi connectivity index (χ4n) is 0. The van der Waals surface area contributed by atoms with Crippen LogP contribution in [0.25, 0.3) is 0 Å². The van der Waals surface area contributed by atoms with Gasteiger partial charge in [0.2, 0.25) is 0 Å². The smallest absolute Gasteiger partial charge is 2.00 e. The van der Waals surface area contributed by atoms with E-state index in [0.717, 1.165) is 0 Å². The summed E-state index contributed by atoms with van der Waals surface area (Å²) in [5, 5.41) is 0. The van der Waals surface area contributed by atoms with Gasteiger partial charge in [0.15, 0.2) is 0 Å². The van der Waals surface area contributed by atoms with E-state index in [4.69, 9.17) is 29.1 Å². The largest absolute Gasteiger partial charge is 2.00 e. The quantitative estimate of drug-likeness (QED) is 0.388. The predicted molar refractivity (Wildman–Crippen MR) is 21.2 cm³/mol. The first-order chi connectivity index (χ1) is 1.73. The van der Waals surface area contributed by atoms with E-state index in [2.05, 4.69) is 0 Å². The van der Waals surface area contributed by atoms with Crippen LogP contribution >= 0.6 is 29.1 Å². The van der Waals surface area contributed by atoms with Crippen molar-refractivity contribution in [2.75, 3.05) is 0 Å². The molecular weight excluding hydrogens is 360 g/mol. The fourth-order valence-corrected chi connectivity index (χ4v) is 0. The summed E-state index contributed by atoms with van der Waals surface area (Å²) in [6, 6.07) is 0. The van der Waals surface area contributed by atoms with E-state index in [-0.39, 0.29) is 49.8 Å². The maximum atomic E-state index is 4.95. The molecule has 8 heavy (non-hydrogen) atoms. The molecule has 0 unspecified atom stereocenters. The van der Waals surface area contributed by atoms with Crippen LogP contribution in [-0.4, -0.2) is 5.48 Å². The summed E-state index contributed by atoms with van der Waals surface area (Å²) < 4.78 is 0. The van der Waals surface area contributed by atoms with Crippen LogP contribution in [-0.2, 0) is 32.5 Å². The van der Waals surface area contributed by atoms with Crippen LogP contribution in [0.2, 0.25) is 0 Å². The van der Waals surface area contributed by atoms with Gasteiger partial charge in [-0.3, -0.25) is 0 Å². The summed E-state index contributed by atoms with van der Waals surface area (Å²) in [4.78, 5) is 0. The molecule has 53 valence electrons. The van der Waals surface area contributed by atoms with Gasteiger partial charge in [0.1, 0.15) is 0 Å². The van der Waals surface area contributed by atoms with Gasteiger partial charge in [-0.2, -0.15) is 0 Å². The van der Waals surface area contributed by atoms with Crippen molar-refractivity contribution in [3.05, 3.63) is 0 Å². The third-order valence-electron chi connectivity index (χ3n) is 0. The van der Waals surface area contributed by atoms with Crippen LogP contribution < -0.4 is 24.8 Å². The maximum Gasteiger partial charge on any atom is 2.00 e. The van der Waals surface area contributed by atoms with Crippen molar-refractivity contribution >= 4 is 29.1 Å². The van der Waals surface area contributed by atoms with Crippen molar-refractivity contribution < 1.29 is 62.7 Å². The topological polar surface area (TPSA) is 31.5 Å². The van der Waals surface area contributed by atoms with Gasteiger partial charge in [-0.05, 0) is 0 Å². The minimum atomic E-state index is -1.75. The average molecular weight is 362 g/mol. The first kappa shape index (κ1) is 31.1. The Morgan fingerprint density at radius 3 is 0.875 bits per heavy atom. The van der Waals surface area contributed by atoms with Crippen LogP contribution in [0.15, 0.2) is 0 Å². The minimum absolute atomic E-state index is 0. The van der Waals surface area contributed by atoms with Crippen LogP contribution in [0.3, 0.4) is 0 Å². The van der Waals surface area contributed by atoms with E-state index in [9.17, 15) is 0 Å². The van der Waals surface area contributed by atoms with Gasteiger partial charge < -0.3 is 30.3 Å². The summed E-state index contributed by atoms with van der Waals surface area (Å²) in [6.45, 7) is 0. The van der Waals surface area contributed by atoms with Crippen LogP contribution in [0.4, 0.5) is 0 Å². The Labute approximate surface area is 90.7 Å². The van der Waals surface area contributed by atoms with Crippen LogP contribution in [0, 0.1) is 0 Å². The van der Waals surface area contributed by atoms with Crippen molar-refractivity contribution in [2.45, 2.75) is 0 Å². The Morgan fingerprint density at radius 1 is 0.875 bits per heavy atom. The molecule has 2 N–H and O–H groups in total. The number of hydrogen-bond acceptors (Lipinski definition) is 0. The van der Waals surface area contributed by atoms with Crippen molar-refractivity contribution in [3.8, 4) is 0 Å². The molecule has 0 aromatic carbocycles. The predicted octanol–water partition coefficient (Wildman–Crippen LogP) is -4.75. The van der Waals surface area contributed by atoms with E-state index in [1.807, 2.05) is 0 Å². The number of rotatable bonds is 0. The molecule has 0 aromatic heterocycles.